The Kier molecular flexibility index (Phi) is 4.94. The molecule has 10 heteroatoms. The van der Waals surface area contributed by atoms with Gasteiger partial charge in [-0.2, -0.15) is 5.10 Å². The number of nitrogens with two attached hydrogens (primary N) is 2. The van der Waals surface area contributed by atoms with Crippen LogP contribution in [0.4, 0.5) is 30.8 Å². The summed E-state index contributed by atoms with van der Waals surface area (Å²) < 4.78 is 28.5. The van der Waals surface area contributed by atoms with Gasteiger partial charge in [-0.15, -0.1) is 0 Å². The largest absolute Gasteiger partial charge is 0.383 e. The van der Waals surface area contributed by atoms with Gasteiger partial charge in [0, 0.05) is 18.3 Å². The lowest BCUT2D eigenvalue weighted by atomic mass is 10.1. The van der Waals surface area contributed by atoms with E-state index in [4.69, 9.17) is 11.5 Å². The highest BCUT2D eigenvalue weighted by Crippen LogP contribution is 2.27. The van der Waals surface area contributed by atoms with Gasteiger partial charge in [-0.25, -0.2) is 13.6 Å². The van der Waals surface area contributed by atoms with E-state index in [-0.39, 0.29) is 11.4 Å². The molecular formula is C18H16F2N6O2. The van der Waals surface area contributed by atoms with E-state index >= 15 is 0 Å². The van der Waals surface area contributed by atoms with Crippen LogP contribution in [0, 0.1) is 11.6 Å². The zero-order chi connectivity index (χ0) is 20.4. The van der Waals surface area contributed by atoms with Gasteiger partial charge in [-0.05, 0) is 24.3 Å². The molecule has 3 rings (SSSR count). The van der Waals surface area contributed by atoms with Gasteiger partial charge in [0.15, 0.2) is 0 Å². The molecule has 3 amide bonds. The quantitative estimate of drug-likeness (QED) is 0.549. The Morgan fingerprint density at radius 3 is 2.21 bits per heavy atom. The summed E-state index contributed by atoms with van der Waals surface area (Å²) in [6, 6.07) is 8.67. The van der Waals surface area contributed by atoms with E-state index < -0.39 is 29.3 Å². The van der Waals surface area contributed by atoms with Gasteiger partial charge in [-0.3, -0.25) is 9.48 Å². The lowest BCUT2D eigenvalue weighted by Gasteiger charge is -2.09. The van der Waals surface area contributed by atoms with Crippen molar-refractivity contribution in [1.29, 1.82) is 0 Å². The molecule has 144 valence electrons. The van der Waals surface area contributed by atoms with Crippen LogP contribution >= 0.6 is 0 Å². The number of urea groups is 1. The number of aryl methyl sites for hydroxylation is 1. The number of benzene rings is 2. The van der Waals surface area contributed by atoms with Crippen molar-refractivity contribution in [2.75, 3.05) is 16.4 Å². The van der Waals surface area contributed by atoms with E-state index in [0.717, 1.165) is 12.1 Å². The molecule has 0 bridgehead atoms. The highest BCUT2D eigenvalue weighted by atomic mass is 19.1. The molecular weight excluding hydrogens is 370 g/mol. The third-order valence-electron chi connectivity index (χ3n) is 3.96. The lowest BCUT2D eigenvalue weighted by molar-refractivity contribution is 0.100. The molecule has 0 aliphatic rings. The third-order valence-corrected chi connectivity index (χ3v) is 3.96. The number of amides is 3. The summed E-state index contributed by atoms with van der Waals surface area (Å²) in [5.74, 6) is -2.36. The average molecular weight is 386 g/mol. The normalized spacial score (nSPS) is 10.5. The van der Waals surface area contributed by atoms with Crippen LogP contribution in [-0.2, 0) is 7.05 Å². The van der Waals surface area contributed by atoms with Crippen molar-refractivity contribution < 1.29 is 18.4 Å². The molecule has 0 saturated carbocycles. The minimum atomic E-state index is -0.891. The fourth-order valence-electron chi connectivity index (χ4n) is 2.59. The molecule has 0 unspecified atom stereocenters. The van der Waals surface area contributed by atoms with Crippen LogP contribution in [-0.4, -0.2) is 21.7 Å². The molecule has 6 N–H and O–H groups in total. The van der Waals surface area contributed by atoms with E-state index in [2.05, 4.69) is 15.7 Å². The first-order valence-corrected chi connectivity index (χ1v) is 8.02. The molecule has 0 fully saturated rings. The van der Waals surface area contributed by atoms with Crippen molar-refractivity contribution in [2.24, 2.45) is 12.8 Å². The summed E-state index contributed by atoms with van der Waals surface area (Å²) in [6.07, 6.45) is 0. The van der Waals surface area contributed by atoms with Gasteiger partial charge in [0.05, 0.1) is 0 Å². The zero-order valence-corrected chi connectivity index (χ0v) is 14.7. The second-order valence-electron chi connectivity index (χ2n) is 5.85. The van der Waals surface area contributed by atoms with Crippen LogP contribution < -0.4 is 22.1 Å². The fourth-order valence-corrected chi connectivity index (χ4v) is 2.59. The second kappa shape index (κ2) is 7.35. The predicted octanol–water partition coefficient (Wildman–Crippen LogP) is 2.69. The summed E-state index contributed by atoms with van der Waals surface area (Å²) in [6.45, 7) is 0. The molecule has 3 aromatic rings. The third kappa shape index (κ3) is 3.61. The van der Waals surface area contributed by atoms with Gasteiger partial charge < -0.3 is 22.1 Å². The summed E-state index contributed by atoms with van der Waals surface area (Å²) in [5.41, 5.74) is 11.9. The number of nitrogens with one attached hydrogen (secondary N) is 2. The minimum absolute atomic E-state index is 0.0935. The maximum atomic E-state index is 13.6. The van der Waals surface area contributed by atoms with Crippen molar-refractivity contribution in [1.82, 2.24) is 9.78 Å². The molecule has 0 saturated heterocycles. The SMILES string of the molecule is Cn1nc(-c2ccc(NC(=O)Nc3c(F)cccc3F)cc2)c(C(N)=O)c1N. The first-order chi connectivity index (χ1) is 13.3. The van der Waals surface area contributed by atoms with Crippen LogP contribution in [0.15, 0.2) is 42.5 Å². The number of carbonyl (C=O) groups excluding carboxylic acids is 2. The molecule has 0 spiro atoms. The minimum Gasteiger partial charge on any atom is -0.383 e. The Balaban J connectivity index is 1.78. The van der Waals surface area contributed by atoms with Gasteiger partial charge in [0.2, 0.25) is 0 Å². The van der Waals surface area contributed by atoms with Gasteiger partial charge >= 0.3 is 6.03 Å². The molecule has 2 aromatic carbocycles. The first kappa shape index (κ1) is 18.8. The summed E-state index contributed by atoms with van der Waals surface area (Å²) in [7, 11) is 1.58. The van der Waals surface area contributed by atoms with Gasteiger partial charge in [0.25, 0.3) is 5.91 Å². The second-order valence-corrected chi connectivity index (χ2v) is 5.85. The van der Waals surface area contributed by atoms with Crippen LogP contribution in [0.25, 0.3) is 11.3 Å². The number of anilines is 3. The van der Waals surface area contributed by atoms with E-state index in [1.54, 1.807) is 19.2 Å². The highest BCUT2D eigenvalue weighted by Gasteiger charge is 2.20. The lowest BCUT2D eigenvalue weighted by Crippen LogP contribution is -2.20. The van der Waals surface area contributed by atoms with E-state index in [9.17, 15) is 18.4 Å². The standard InChI is InChI=1S/C18H16F2N6O2/c1-26-16(21)13(17(22)27)14(25-26)9-5-7-10(8-6-9)23-18(28)24-15-11(19)3-2-4-12(15)20/h2-8H,21H2,1H3,(H2,22,27)(H2,23,24,28). The smallest absolute Gasteiger partial charge is 0.323 e. The van der Waals surface area contributed by atoms with Crippen molar-refractivity contribution >= 4 is 29.1 Å². The molecule has 1 aromatic heterocycles. The molecule has 1 heterocycles. The summed E-state index contributed by atoms with van der Waals surface area (Å²) in [4.78, 5) is 23.6. The number of primary amides is 1. The fraction of sp³-hybridized carbons (Fsp3) is 0.0556. The Labute approximate surface area is 158 Å². The molecule has 8 nitrogen and oxygen atoms in total. The number of hydrogen-bond donors (Lipinski definition) is 4. The van der Waals surface area contributed by atoms with E-state index in [1.165, 1.54) is 22.9 Å². The van der Waals surface area contributed by atoms with Crippen molar-refractivity contribution in [3.8, 4) is 11.3 Å². The van der Waals surface area contributed by atoms with Crippen LogP contribution in [0.1, 0.15) is 10.4 Å². The number of aromatic nitrogens is 2. The number of para-hydroxylation sites is 1. The Bertz CT molecular complexity index is 1040. The number of hydrogen-bond acceptors (Lipinski definition) is 4. The maximum absolute atomic E-state index is 13.6. The maximum Gasteiger partial charge on any atom is 0.323 e. The van der Waals surface area contributed by atoms with Crippen molar-refractivity contribution in [3.63, 3.8) is 0 Å². The zero-order valence-electron chi connectivity index (χ0n) is 14.7. The molecule has 0 radical (unpaired) electrons. The monoisotopic (exact) mass is 386 g/mol. The van der Waals surface area contributed by atoms with Gasteiger partial charge in [-0.1, -0.05) is 18.2 Å². The molecule has 0 aliphatic heterocycles. The highest BCUT2D eigenvalue weighted by molar-refractivity contribution is 6.03. The number of nitrogens with zero attached hydrogens (tertiary/aromatic N) is 2. The number of halogens is 2. The number of rotatable bonds is 4. The average Bonchev–Trinajstić information content (AvgIpc) is 2.94. The van der Waals surface area contributed by atoms with Gasteiger partial charge in [0.1, 0.15) is 34.4 Å². The molecule has 0 atom stereocenters. The first-order valence-electron chi connectivity index (χ1n) is 8.02. The topological polar surface area (TPSA) is 128 Å². The number of carbonyl (C=O) groups is 2. The molecule has 0 aliphatic carbocycles. The Morgan fingerprint density at radius 2 is 1.64 bits per heavy atom. The Morgan fingerprint density at radius 1 is 1.04 bits per heavy atom. The summed E-state index contributed by atoms with van der Waals surface area (Å²) >= 11 is 0. The van der Waals surface area contributed by atoms with Crippen LogP contribution in [0.2, 0.25) is 0 Å². The van der Waals surface area contributed by atoms with E-state index in [1.807, 2.05) is 0 Å². The predicted molar refractivity (Wildman–Crippen MR) is 101 cm³/mol. The Hall–Kier alpha value is -3.95. The van der Waals surface area contributed by atoms with Crippen LogP contribution in [0.5, 0.6) is 0 Å². The van der Waals surface area contributed by atoms with E-state index in [0.29, 0.717) is 16.9 Å². The number of nitrogen functional groups attached to an aromatic ring is 1. The van der Waals surface area contributed by atoms with Crippen molar-refractivity contribution in [3.05, 3.63) is 59.7 Å². The van der Waals surface area contributed by atoms with Crippen LogP contribution in [0.3, 0.4) is 0 Å². The van der Waals surface area contributed by atoms with Crippen molar-refractivity contribution in [2.45, 2.75) is 0 Å². The molecule has 28 heavy (non-hydrogen) atoms. The summed E-state index contributed by atoms with van der Waals surface area (Å²) in [5, 5.41) is 8.74.